The molecule has 0 radical (unpaired) electrons. The van der Waals surface area contributed by atoms with Crippen molar-refractivity contribution in [3.63, 3.8) is 0 Å². The van der Waals surface area contributed by atoms with Crippen LogP contribution in [0.3, 0.4) is 0 Å². The van der Waals surface area contributed by atoms with Crippen molar-refractivity contribution in [1.29, 1.82) is 0 Å². The Morgan fingerprint density at radius 2 is 1.41 bits per heavy atom. The van der Waals surface area contributed by atoms with Gasteiger partial charge in [-0.3, -0.25) is 0 Å². The maximum Gasteiger partial charge on any atom is 0.173 e. The monoisotopic (exact) mass is 374 g/mol. The van der Waals surface area contributed by atoms with Gasteiger partial charge in [0.15, 0.2) is 5.11 Å². The number of nitrogens with one attached hydrogen (secondary N) is 1. The normalized spacial score (nSPS) is 10.4. The molecule has 3 aromatic carbocycles. The first-order chi connectivity index (χ1) is 13.3. The molecule has 0 atom stereocenters. The largest absolute Gasteiger partial charge is 0.344 e. The van der Waals surface area contributed by atoms with Crippen molar-refractivity contribution >= 4 is 23.0 Å². The number of rotatable bonds is 7. The van der Waals surface area contributed by atoms with Crippen LogP contribution in [0.2, 0.25) is 0 Å². The summed E-state index contributed by atoms with van der Waals surface area (Å²) in [5.41, 5.74) is 4.97. The summed E-state index contributed by atoms with van der Waals surface area (Å²) in [5, 5.41) is 4.25. The molecule has 3 rings (SSSR count). The summed E-state index contributed by atoms with van der Waals surface area (Å²) < 4.78 is 0. The minimum absolute atomic E-state index is 0.774. The first kappa shape index (κ1) is 19.1. The van der Waals surface area contributed by atoms with Gasteiger partial charge in [0.05, 0.1) is 0 Å². The van der Waals surface area contributed by atoms with Gasteiger partial charge in [-0.1, -0.05) is 85.8 Å². The number of hydrogen-bond donors (Lipinski definition) is 1. The third kappa shape index (κ3) is 5.66. The van der Waals surface area contributed by atoms with Crippen LogP contribution in [-0.4, -0.2) is 16.6 Å². The van der Waals surface area contributed by atoms with Gasteiger partial charge in [0.2, 0.25) is 0 Å². The zero-order valence-electron chi connectivity index (χ0n) is 15.8. The fourth-order valence-corrected chi connectivity index (χ4v) is 3.38. The van der Waals surface area contributed by atoms with E-state index in [9.17, 15) is 0 Å². The predicted octanol–water partition coefficient (Wildman–Crippen LogP) is 5.69. The molecule has 0 aromatic heterocycles. The van der Waals surface area contributed by atoms with E-state index in [4.69, 9.17) is 12.2 Å². The van der Waals surface area contributed by atoms with Gasteiger partial charge in [0.25, 0.3) is 0 Å². The Morgan fingerprint density at radius 3 is 2.07 bits per heavy atom. The maximum absolute atomic E-state index is 5.79. The molecular formula is C24H26N2S. The zero-order chi connectivity index (χ0) is 18.9. The number of nitrogens with zero attached hydrogens (tertiary/aromatic N) is 1. The predicted molar refractivity (Wildman–Crippen MR) is 119 cm³/mol. The van der Waals surface area contributed by atoms with E-state index in [-0.39, 0.29) is 0 Å². The average Bonchev–Trinajstić information content (AvgIpc) is 2.73. The smallest absolute Gasteiger partial charge is 0.173 e. The van der Waals surface area contributed by atoms with Crippen molar-refractivity contribution < 1.29 is 0 Å². The van der Waals surface area contributed by atoms with Gasteiger partial charge in [0.1, 0.15) is 0 Å². The molecule has 0 spiro atoms. The second-order valence-electron chi connectivity index (χ2n) is 6.58. The SMILES string of the molecule is CCc1ccccc1NC(=S)N(CCc1ccccc1)Cc1ccccc1. The van der Waals surface area contributed by atoms with Crippen LogP contribution in [0.1, 0.15) is 23.6 Å². The first-order valence-corrected chi connectivity index (χ1v) is 9.88. The maximum atomic E-state index is 5.79. The minimum atomic E-state index is 0.774. The van der Waals surface area contributed by atoms with Crippen molar-refractivity contribution in [2.45, 2.75) is 26.3 Å². The molecule has 0 aliphatic heterocycles. The van der Waals surface area contributed by atoms with E-state index < -0.39 is 0 Å². The first-order valence-electron chi connectivity index (χ1n) is 9.48. The molecule has 0 fully saturated rings. The van der Waals surface area contributed by atoms with Gasteiger partial charge in [-0.05, 0) is 47.8 Å². The molecule has 1 N–H and O–H groups in total. The lowest BCUT2D eigenvalue weighted by atomic mass is 10.1. The Labute approximate surface area is 167 Å². The van der Waals surface area contributed by atoms with Crippen LogP contribution < -0.4 is 5.32 Å². The molecule has 0 saturated heterocycles. The lowest BCUT2D eigenvalue weighted by Gasteiger charge is -2.27. The fraction of sp³-hybridized carbons (Fsp3) is 0.208. The lowest BCUT2D eigenvalue weighted by Crippen LogP contribution is -2.36. The van der Waals surface area contributed by atoms with E-state index in [2.05, 4.69) is 96.0 Å². The molecule has 0 bridgehead atoms. The summed E-state index contributed by atoms with van der Waals surface area (Å²) >= 11 is 5.79. The second-order valence-corrected chi connectivity index (χ2v) is 6.97. The van der Waals surface area contributed by atoms with Gasteiger partial charge in [-0.2, -0.15) is 0 Å². The summed E-state index contributed by atoms with van der Waals surface area (Å²) in [6.45, 7) is 3.84. The molecular weight excluding hydrogens is 348 g/mol. The molecule has 138 valence electrons. The Kier molecular flexibility index (Phi) is 7.00. The van der Waals surface area contributed by atoms with Gasteiger partial charge in [-0.25, -0.2) is 0 Å². The van der Waals surface area contributed by atoms with Crippen molar-refractivity contribution in [3.8, 4) is 0 Å². The van der Waals surface area contributed by atoms with E-state index in [1.165, 1.54) is 16.7 Å². The van der Waals surface area contributed by atoms with E-state index in [1.54, 1.807) is 0 Å². The highest BCUT2D eigenvalue weighted by Crippen LogP contribution is 2.17. The Bertz CT molecular complexity index is 847. The van der Waals surface area contributed by atoms with Crippen molar-refractivity contribution in [3.05, 3.63) is 102 Å². The Hall–Kier alpha value is -2.65. The van der Waals surface area contributed by atoms with Crippen LogP contribution in [0.15, 0.2) is 84.9 Å². The number of benzene rings is 3. The molecule has 0 aliphatic rings. The minimum Gasteiger partial charge on any atom is -0.344 e. The molecule has 0 saturated carbocycles. The molecule has 0 unspecified atom stereocenters. The molecule has 0 amide bonds. The van der Waals surface area contributed by atoms with Gasteiger partial charge < -0.3 is 10.2 Å². The average molecular weight is 375 g/mol. The van der Waals surface area contributed by atoms with Gasteiger partial charge in [-0.15, -0.1) is 0 Å². The number of thiocarbonyl (C=S) groups is 1. The third-order valence-electron chi connectivity index (χ3n) is 4.66. The van der Waals surface area contributed by atoms with Crippen LogP contribution in [-0.2, 0) is 19.4 Å². The fourth-order valence-electron chi connectivity index (χ4n) is 3.11. The van der Waals surface area contributed by atoms with E-state index in [0.717, 1.165) is 36.7 Å². The van der Waals surface area contributed by atoms with Crippen LogP contribution in [0, 0.1) is 0 Å². The Balaban J connectivity index is 1.74. The standard InChI is InChI=1S/C24H26N2S/c1-2-22-15-9-10-16-23(22)25-24(27)26(19-21-13-7-4-8-14-21)18-17-20-11-5-3-6-12-20/h3-16H,2,17-19H2,1H3,(H,25,27). The third-order valence-corrected chi connectivity index (χ3v) is 5.02. The van der Waals surface area contributed by atoms with Crippen LogP contribution in [0.5, 0.6) is 0 Å². The number of aryl methyl sites for hydroxylation is 1. The van der Waals surface area contributed by atoms with Crippen LogP contribution in [0.25, 0.3) is 0 Å². The van der Waals surface area contributed by atoms with Crippen LogP contribution in [0.4, 0.5) is 5.69 Å². The van der Waals surface area contributed by atoms with E-state index in [0.29, 0.717) is 0 Å². The second kappa shape index (κ2) is 9.89. The molecule has 3 aromatic rings. The highest BCUT2D eigenvalue weighted by molar-refractivity contribution is 7.80. The van der Waals surface area contributed by atoms with Crippen LogP contribution >= 0.6 is 12.2 Å². The highest BCUT2D eigenvalue weighted by Gasteiger charge is 2.12. The van der Waals surface area contributed by atoms with Gasteiger partial charge >= 0.3 is 0 Å². The molecule has 0 aliphatic carbocycles. The van der Waals surface area contributed by atoms with Gasteiger partial charge in [0, 0.05) is 18.8 Å². The number of hydrogen-bond acceptors (Lipinski definition) is 1. The van der Waals surface area contributed by atoms with E-state index >= 15 is 0 Å². The topological polar surface area (TPSA) is 15.3 Å². The summed E-state index contributed by atoms with van der Waals surface area (Å²) in [5.74, 6) is 0. The number of para-hydroxylation sites is 1. The molecule has 2 nitrogen and oxygen atoms in total. The van der Waals surface area contributed by atoms with Crippen molar-refractivity contribution in [1.82, 2.24) is 4.90 Å². The highest BCUT2D eigenvalue weighted by atomic mass is 32.1. The lowest BCUT2D eigenvalue weighted by molar-refractivity contribution is 0.423. The summed E-state index contributed by atoms with van der Waals surface area (Å²) in [4.78, 5) is 2.25. The van der Waals surface area contributed by atoms with Crippen molar-refractivity contribution in [2.75, 3.05) is 11.9 Å². The Morgan fingerprint density at radius 1 is 0.815 bits per heavy atom. The van der Waals surface area contributed by atoms with Crippen molar-refractivity contribution in [2.24, 2.45) is 0 Å². The van der Waals surface area contributed by atoms with E-state index in [1.807, 2.05) is 6.07 Å². The zero-order valence-corrected chi connectivity index (χ0v) is 16.6. The molecule has 3 heteroatoms. The number of anilines is 1. The molecule has 0 heterocycles. The quantitative estimate of drug-likeness (QED) is 0.535. The summed E-state index contributed by atoms with van der Waals surface area (Å²) in [6.07, 6.45) is 1.94. The molecule has 27 heavy (non-hydrogen) atoms. The summed E-state index contributed by atoms with van der Waals surface area (Å²) in [7, 11) is 0. The summed E-state index contributed by atoms with van der Waals surface area (Å²) in [6, 6.07) is 29.4.